The van der Waals surface area contributed by atoms with Gasteiger partial charge in [0.15, 0.2) is 0 Å². The Labute approximate surface area is 239 Å². The molecule has 0 saturated heterocycles. The summed E-state index contributed by atoms with van der Waals surface area (Å²) in [6.45, 7) is -0.116. The van der Waals surface area contributed by atoms with E-state index in [0.29, 0.717) is 28.3 Å². The first-order valence-corrected chi connectivity index (χ1v) is 13.0. The van der Waals surface area contributed by atoms with Crippen LogP contribution in [0.4, 0.5) is 5.69 Å². The number of amides is 1. The van der Waals surface area contributed by atoms with Gasteiger partial charge in [0.2, 0.25) is 5.91 Å². The van der Waals surface area contributed by atoms with Crippen LogP contribution >= 0.6 is 0 Å². The van der Waals surface area contributed by atoms with E-state index < -0.39 is 23.9 Å². The second-order valence-corrected chi connectivity index (χ2v) is 9.29. The van der Waals surface area contributed by atoms with Gasteiger partial charge in [-0.25, -0.2) is 0 Å². The molecule has 0 aliphatic carbocycles. The van der Waals surface area contributed by atoms with Crippen molar-refractivity contribution in [1.82, 2.24) is 0 Å². The summed E-state index contributed by atoms with van der Waals surface area (Å²) in [6, 6.07) is 30.6. The number of benzene rings is 4. The lowest BCUT2D eigenvalue weighted by Crippen LogP contribution is -2.33. The van der Waals surface area contributed by atoms with Crippen LogP contribution < -0.4 is 14.8 Å². The van der Waals surface area contributed by atoms with Crippen LogP contribution in [0.3, 0.4) is 0 Å². The summed E-state index contributed by atoms with van der Waals surface area (Å²) < 4.78 is 22.3. The summed E-state index contributed by atoms with van der Waals surface area (Å²) in [5.74, 6) is 0.270. The molecule has 0 bridgehead atoms. The van der Waals surface area contributed by atoms with Crippen molar-refractivity contribution < 1.29 is 33.6 Å². The van der Waals surface area contributed by atoms with Gasteiger partial charge >= 0.3 is 5.97 Å². The third-order valence-electron chi connectivity index (χ3n) is 6.68. The molecule has 0 unspecified atom stereocenters. The van der Waals surface area contributed by atoms with Gasteiger partial charge < -0.3 is 29.4 Å². The zero-order chi connectivity index (χ0) is 29.2. The summed E-state index contributed by atoms with van der Waals surface area (Å²) in [7, 11) is 4.46. The number of nitrogens with one attached hydrogen (secondary N) is 1. The van der Waals surface area contributed by atoms with Gasteiger partial charge in [0.1, 0.15) is 23.5 Å². The molecule has 4 aromatic rings. The standard InChI is InChI=1S/C33H33NO7/c1-38-29-13-9-26(10-14-29)33(25-7-5-4-6-8-25,27-11-15-30(39-2)16-12-27)41-22-24-17-23(21-35)18-28(19-24)34-31(36)20-32(37)40-3/h4-19,35H,20-22H2,1-3H3,(H,34,36). The summed E-state index contributed by atoms with van der Waals surface area (Å²) in [6.07, 6.45) is -0.419. The van der Waals surface area contributed by atoms with Crippen LogP contribution in [0.1, 0.15) is 34.2 Å². The molecule has 4 rings (SSSR count). The van der Waals surface area contributed by atoms with Crippen LogP contribution in [-0.4, -0.2) is 38.3 Å². The number of ether oxygens (including phenoxy) is 4. The fraction of sp³-hybridized carbons (Fsp3) is 0.212. The highest BCUT2D eigenvalue weighted by molar-refractivity contribution is 6.01. The smallest absolute Gasteiger partial charge is 0.315 e. The topological polar surface area (TPSA) is 103 Å². The molecule has 0 heterocycles. The first-order valence-electron chi connectivity index (χ1n) is 13.0. The van der Waals surface area contributed by atoms with Crippen molar-refractivity contribution in [3.05, 3.63) is 125 Å². The lowest BCUT2D eigenvalue weighted by molar-refractivity contribution is -0.142. The van der Waals surface area contributed by atoms with E-state index in [-0.39, 0.29) is 13.2 Å². The lowest BCUT2D eigenvalue weighted by Gasteiger charge is -2.36. The minimum atomic E-state index is -1.04. The zero-order valence-electron chi connectivity index (χ0n) is 23.3. The molecule has 0 spiro atoms. The molecule has 2 N–H and O–H groups in total. The number of aliphatic hydroxyl groups is 1. The second kappa shape index (κ2) is 13.6. The highest BCUT2D eigenvalue weighted by Crippen LogP contribution is 2.42. The Morgan fingerprint density at radius 3 is 1.78 bits per heavy atom. The predicted molar refractivity (Wildman–Crippen MR) is 155 cm³/mol. The second-order valence-electron chi connectivity index (χ2n) is 9.29. The van der Waals surface area contributed by atoms with E-state index in [2.05, 4.69) is 10.1 Å². The number of methoxy groups -OCH3 is 3. The molecule has 0 aromatic heterocycles. The molecular formula is C33H33NO7. The van der Waals surface area contributed by atoms with Gasteiger partial charge in [-0.2, -0.15) is 0 Å². The van der Waals surface area contributed by atoms with Crippen molar-refractivity contribution in [1.29, 1.82) is 0 Å². The van der Waals surface area contributed by atoms with Crippen molar-refractivity contribution in [3.8, 4) is 11.5 Å². The summed E-state index contributed by atoms with van der Waals surface area (Å²) in [5, 5.41) is 12.6. The number of aliphatic hydroxyl groups excluding tert-OH is 1. The van der Waals surface area contributed by atoms with Crippen LogP contribution in [0.25, 0.3) is 0 Å². The van der Waals surface area contributed by atoms with E-state index in [4.69, 9.17) is 14.2 Å². The van der Waals surface area contributed by atoms with Crippen molar-refractivity contribution in [2.75, 3.05) is 26.6 Å². The highest BCUT2D eigenvalue weighted by Gasteiger charge is 2.38. The van der Waals surface area contributed by atoms with Crippen LogP contribution in [0.2, 0.25) is 0 Å². The number of carbonyl (C=O) groups excluding carboxylic acids is 2. The van der Waals surface area contributed by atoms with Crippen molar-refractivity contribution >= 4 is 17.6 Å². The minimum Gasteiger partial charge on any atom is -0.497 e. The van der Waals surface area contributed by atoms with Gasteiger partial charge in [-0.15, -0.1) is 0 Å². The number of rotatable bonds is 12. The Morgan fingerprint density at radius 1 is 0.732 bits per heavy atom. The number of hydrogen-bond acceptors (Lipinski definition) is 7. The van der Waals surface area contributed by atoms with Crippen molar-refractivity contribution in [3.63, 3.8) is 0 Å². The van der Waals surface area contributed by atoms with E-state index in [0.717, 1.165) is 16.7 Å². The van der Waals surface area contributed by atoms with E-state index in [1.807, 2.05) is 84.9 Å². The van der Waals surface area contributed by atoms with E-state index >= 15 is 0 Å². The fourth-order valence-corrected chi connectivity index (χ4v) is 4.68. The number of carbonyl (C=O) groups is 2. The molecular weight excluding hydrogens is 522 g/mol. The van der Waals surface area contributed by atoms with Crippen LogP contribution in [-0.2, 0) is 37.9 Å². The Bertz CT molecular complexity index is 1400. The summed E-state index contributed by atoms with van der Waals surface area (Å²) in [4.78, 5) is 23.9. The Kier molecular flexibility index (Phi) is 9.73. The molecule has 4 aromatic carbocycles. The third kappa shape index (κ3) is 6.92. The highest BCUT2D eigenvalue weighted by atomic mass is 16.5. The van der Waals surface area contributed by atoms with Gasteiger partial charge in [-0.05, 0) is 64.2 Å². The van der Waals surface area contributed by atoms with Crippen molar-refractivity contribution in [2.24, 2.45) is 0 Å². The summed E-state index contributed by atoms with van der Waals surface area (Å²) in [5.41, 5.74) is 3.34. The first kappa shape index (κ1) is 29.3. The maximum absolute atomic E-state index is 12.3. The normalized spacial score (nSPS) is 11.0. The van der Waals surface area contributed by atoms with Crippen LogP contribution in [0.15, 0.2) is 97.1 Å². The van der Waals surface area contributed by atoms with E-state index in [1.54, 1.807) is 26.4 Å². The number of hydrogen-bond donors (Lipinski definition) is 2. The predicted octanol–water partition coefficient (Wildman–Crippen LogP) is 5.21. The van der Waals surface area contributed by atoms with E-state index in [9.17, 15) is 14.7 Å². The Morgan fingerprint density at radius 2 is 1.27 bits per heavy atom. The van der Waals surface area contributed by atoms with Crippen LogP contribution in [0, 0.1) is 0 Å². The monoisotopic (exact) mass is 555 g/mol. The lowest BCUT2D eigenvalue weighted by atomic mass is 9.80. The maximum atomic E-state index is 12.3. The molecule has 0 atom stereocenters. The molecule has 0 radical (unpaired) electrons. The summed E-state index contributed by atoms with van der Waals surface area (Å²) >= 11 is 0. The van der Waals surface area contributed by atoms with Gasteiger partial charge in [0.25, 0.3) is 0 Å². The molecule has 212 valence electrons. The molecule has 1 amide bonds. The van der Waals surface area contributed by atoms with Gasteiger partial charge in [-0.3, -0.25) is 9.59 Å². The van der Waals surface area contributed by atoms with E-state index in [1.165, 1.54) is 7.11 Å². The Balaban J connectivity index is 1.78. The average molecular weight is 556 g/mol. The van der Waals surface area contributed by atoms with Crippen molar-refractivity contribution in [2.45, 2.75) is 25.2 Å². The maximum Gasteiger partial charge on any atom is 0.315 e. The van der Waals surface area contributed by atoms with Gasteiger partial charge in [-0.1, -0.05) is 60.7 Å². The molecule has 0 fully saturated rings. The van der Waals surface area contributed by atoms with Gasteiger partial charge in [0.05, 0.1) is 34.5 Å². The molecule has 41 heavy (non-hydrogen) atoms. The van der Waals surface area contributed by atoms with Crippen LogP contribution in [0.5, 0.6) is 11.5 Å². The fourth-order valence-electron chi connectivity index (χ4n) is 4.68. The largest absolute Gasteiger partial charge is 0.497 e. The molecule has 0 aliphatic rings. The molecule has 0 saturated carbocycles. The quantitative estimate of drug-likeness (QED) is 0.141. The molecule has 0 aliphatic heterocycles. The zero-order valence-corrected chi connectivity index (χ0v) is 23.3. The first-order chi connectivity index (χ1) is 19.9. The number of anilines is 1. The Hall–Kier alpha value is -4.66. The van der Waals surface area contributed by atoms with Gasteiger partial charge in [0, 0.05) is 5.69 Å². The minimum absolute atomic E-state index is 0.126. The number of esters is 1. The SMILES string of the molecule is COC(=O)CC(=O)Nc1cc(CO)cc(COC(c2ccccc2)(c2ccc(OC)cc2)c2ccc(OC)cc2)c1. The molecule has 8 nitrogen and oxygen atoms in total. The third-order valence-corrected chi connectivity index (χ3v) is 6.68. The average Bonchev–Trinajstić information content (AvgIpc) is 3.02. The molecule has 8 heteroatoms.